The first-order chi connectivity index (χ1) is 29.5. The number of esters is 1. The van der Waals surface area contributed by atoms with E-state index in [2.05, 4.69) is 51.0 Å². The third-order valence-electron chi connectivity index (χ3n) is 11.8. The highest BCUT2D eigenvalue weighted by Crippen LogP contribution is 2.33. The van der Waals surface area contributed by atoms with Crippen LogP contribution in [0.2, 0.25) is 0 Å². The van der Waals surface area contributed by atoms with Gasteiger partial charge in [0.2, 0.25) is 0 Å². The molecule has 61 heavy (non-hydrogen) atoms. The molecule has 0 amide bonds. The molecule has 0 heterocycles. The molecule has 0 fully saturated rings. The quantitative estimate of drug-likeness (QED) is 0.0455. The van der Waals surface area contributed by atoms with Crippen molar-refractivity contribution in [2.24, 2.45) is 10.8 Å². The van der Waals surface area contributed by atoms with Crippen LogP contribution in [0.15, 0.2) is 0 Å². The summed E-state index contributed by atoms with van der Waals surface area (Å²) < 4.78 is 25.0. The zero-order valence-corrected chi connectivity index (χ0v) is 42.0. The van der Waals surface area contributed by atoms with E-state index in [4.69, 9.17) is 19.3 Å². The van der Waals surface area contributed by atoms with E-state index in [0.29, 0.717) is 39.6 Å². The summed E-state index contributed by atoms with van der Waals surface area (Å²) in [4.78, 5) is 21.8. The van der Waals surface area contributed by atoms with Crippen molar-refractivity contribution in [3.05, 3.63) is 0 Å². The molecule has 0 aliphatic carbocycles. The van der Waals surface area contributed by atoms with Crippen LogP contribution in [0, 0.1) is 10.8 Å². The Hall–Kier alpha value is -1.26. The van der Waals surface area contributed by atoms with E-state index in [-0.39, 0.29) is 30.0 Å². The Bertz CT molecular complexity index is 872. The Morgan fingerprint density at radius 3 is 1.02 bits per heavy atom. The van der Waals surface area contributed by atoms with Crippen LogP contribution in [-0.4, -0.2) is 89.2 Å². The van der Waals surface area contributed by atoms with Gasteiger partial charge in [0, 0.05) is 26.2 Å². The number of ether oxygens (including phenoxy) is 5. The number of carbonyl (C=O) groups is 2. The molecule has 0 bridgehead atoms. The first-order valence-electron chi connectivity index (χ1n) is 25.6. The monoisotopic (exact) mass is 875 g/mol. The van der Waals surface area contributed by atoms with E-state index in [1.54, 1.807) is 7.11 Å². The Labute approximate surface area is 379 Å². The third kappa shape index (κ3) is 53.0. The highest BCUT2D eigenvalue weighted by molar-refractivity contribution is 5.70. The average molecular weight is 875 g/mol. The lowest BCUT2D eigenvalue weighted by Crippen LogP contribution is -2.27. The lowest BCUT2D eigenvalue weighted by atomic mass is 9.80. The lowest BCUT2D eigenvalue weighted by molar-refractivity contribution is -0.153. The molecule has 0 saturated heterocycles. The molecule has 9 heteroatoms. The van der Waals surface area contributed by atoms with Crippen LogP contribution in [0.3, 0.4) is 0 Å². The van der Waals surface area contributed by atoms with Gasteiger partial charge < -0.3 is 33.9 Å². The van der Waals surface area contributed by atoms with Gasteiger partial charge in [0.05, 0.1) is 33.0 Å². The number of aliphatic hydroxyl groups excluding tert-OH is 1. The predicted molar refractivity (Wildman–Crippen MR) is 258 cm³/mol. The Kier molecular flexibility index (Phi) is 53.9. The average Bonchev–Trinajstić information content (AvgIpc) is 3.25. The molecule has 0 rings (SSSR count). The van der Waals surface area contributed by atoms with Crippen LogP contribution in [0.1, 0.15) is 247 Å². The molecule has 2 unspecified atom stereocenters. The van der Waals surface area contributed by atoms with Gasteiger partial charge in [0.25, 0.3) is 0 Å². The molecule has 0 saturated carbocycles. The normalized spacial score (nSPS) is 13.1. The van der Waals surface area contributed by atoms with Crippen molar-refractivity contribution in [2.75, 3.05) is 67.1 Å². The van der Waals surface area contributed by atoms with Gasteiger partial charge >= 0.3 is 11.9 Å². The van der Waals surface area contributed by atoms with E-state index >= 15 is 0 Å². The Balaban J connectivity index is -0.000000944. The summed E-state index contributed by atoms with van der Waals surface area (Å²) in [6.07, 6.45) is 42.4. The maximum atomic E-state index is 12.0. The second kappa shape index (κ2) is 51.4. The maximum Gasteiger partial charge on any atom is 0.332 e. The minimum Gasteiger partial charge on any atom is -0.480 e. The fourth-order valence-electron chi connectivity index (χ4n) is 7.48. The minimum absolute atomic E-state index is 0.0220. The molecule has 0 radical (unpaired) electrons. The van der Waals surface area contributed by atoms with Gasteiger partial charge in [0.15, 0.2) is 0 Å². The number of hydrogen-bond acceptors (Lipinski definition) is 8. The summed E-state index contributed by atoms with van der Waals surface area (Å²) in [5.41, 5.74) is 0.280. The summed E-state index contributed by atoms with van der Waals surface area (Å²) in [5, 5.41) is 17.8. The van der Waals surface area contributed by atoms with Crippen molar-refractivity contribution < 1.29 is 43.5 Å². The number of unbranched alkanes of at least 4 members (excludes halogenated alkanes) is 24. The van der Waals surface area contributed by atoms with Crippen molar-refractivity contribution in [1.82, 2.24) is 0 Å². The van der Waals surface area contributed by atoms with Crippen molar-refractivity contribution in [3.8, 4) is 0 Å². The van der Waals surface area contributed by atoms with Gasteiger partial charge in [-0.3, -0.25) is 0 Å². The standard InChI is InChI=1S/C26H52O4.C21H44O.C5H10O4/c1-5-7-9-11-13-14-16-18-20-26(3,19-17-15-12-10-8-6-2)24-30-25(27)23-29-22-21-28-4;1-4-6-8-10-12-13-15-17-19-21(3,20-22)18-16-14-11-9-7-5-2;1-8-2-3-9-4-5(6)7/h5-24H2,1-4H3;22H,4-20H2,1-3H3;2-4H2,1H3,(H,6,7). The number of hydrogen-bond donors (Lipinski definition) is 2. The summed E-state index contributed by atoms with van der Waals surface area (Å²) in [7, 11) is 3.16. The fraction of sp³-hybridized carbons (Fsp3) is 0.962. The van der Waals surface area contributed by atoms with Gasteiger partial charge in [-0.15, -0.1) is 0 Å². The van der Waals surface area contributed by atoms with Crippen LogP contribution < -0.4 is 0 Å². The molecular formula is C52H106O9. The molecule has 0 aromatic heterocycles. The topological polar surface area (TPSA) is 121 Å². The smallest absolute Gasteiger partial charge is 0.332 e. The molecule has 0 aliphatic rings. The van der Waals surface area contributed by atoms with Gasteiger partial charge in [-0.1, -0.05) is 221 Å². The summed E-state index contributed by atoms with van der Waals surface area (Å²) in [5.74, 6) is -1.21. The molecule has 9 nitrogen and oxygen atoms in total. The second-order valence-corrected chi connectivity index (χ2v) is 18.4. The van der Waals surface area contributed by atoms with Crippen molar-refractivity contribution in [1.29, 1.82) is 0 Å². The maximum absolute atomic E-state index is 12.0. The first-order valence-corrected chi connectivity index (χ1v) is 25.6. The molecule has 0 aromatic carbocycles. The van der Waals surface area contributed by atoms with Crippen molar-refractivity contribution >= 4 is 11.9 Å². The van der Waals surface area contributed by atoms with Gasteiger partial charge in [-0.2, -0.15) is 0 Å². The third-order valence-corrected chi connectivity index (χ3v) is 11.8. The number of aliphatic carboxylic acids is 1. The van der Waals surface area contributed by atoms with E-state index in [1.165, 1.54) is 200 Å². The van der Waals surface area contributed by atoms with E-state index < -0.39 is 5.97 Å². The Morgan fingerprint density at radius 1 is 0.426 bits per heavy atom. The van der Waals surface area contributed by atoms with Crippen LogP contribution in [0.5, 0.6) is 0 Å². The number of carbonyl (C=O) groups excluding carboxylic acids is 1. The summed E-state index contributed by atoms with van der Waals surface area (Å²) in [6.45, 7) is 16.0. The van der Waals surface area contributed by atoms with Crippen LogP contribution >= 0.6 is 0 Å². The van der Waals surface area contributed by atoms with Gasteiger partial charge in [-0.25, -0.2) is 9.59 Å². The summed E-state index contributed by atoms with van der Waals surface area (Å²) >= 11 is 0. The molecule has 0 aromatic rings. The second-order valence-electron chi connectivity index (χ2n) is 18.4. The van der Waals surface area contributed by atoms with E-state index in [0.717, 1.165) is 12.8 Å². The molecule has 368 valence electrons. The first kappa shape index (κ1) is 64.0. The molecular weight excluding hydrogens is 769 g/mol. The SMILES string of the molecule is CCCCCCCCCCC(C)(CCCCCCCC)COC(=O)COCCOC.CCCCCCCCCCC(C)(CO)CCCCCCCC.COCCOCC(=O)O. The highest BCUT2D eigenvalue weighted by Gasteiger charge is 2.26. The highest BCUT2D eigenvalue weighted by atomic mass is 16.6. The van der Waals surface area contributed by atoms with Gasteiger partial charge in [-0.05, 0) is 31.1 Å². The zero-order valence-electron chi connectivity index (χ0n) is 42.0. The van der Waals surface area contributed by atoms with Crippen molar-refractivity contribution in [3.63, 3.8) is 0 Å². The zero-order chi connectivity index (χ0) is 46.0. The van der Waals surface area contributed by atoms with Crippen LogP contribution in [-0.2, 0) is 33.3 Å². The molecule has 2 N–H and O–H groups in total. The fourth-order valence-corrected chi connectivity index (χ4v) is 7.48. The predicted octanol–water partition coefficient (Wildman–Crippen LogP) is 14.5. The van der Waals surface area contributed by atoms with Crippen LogP contribution in [0.4, 0.5) is 0 Å². The van der Waals surface area contributed by atoms with E-state index in [9.17, 15) is 14.7 Å². The lowest BCUT2D eigenvalue weighted by Gasteiger charge is -2.29. The Morgan fingerprint density at radius 2 is 0.721 bits per heavy atom. The van der Waals surface area contributed by atoms with Gasteiger partial charge in [0.1, 0.15) is 13.2 Å². The van der Waals surface area contributed by atoms with Crippen molar-refractivity contribution in [2.45, 2.75) is 247 Å². The molecule has 2 atom stereocenters. The largest absolute Gasteiger partial charge is 0.480 e. The van der Waals surface area contributed by atoms with E-state index in [1.807, 2.05) is 0 Å². The summed E-state index contributed by atoms with van der Waals surface area (Å²) in [6, 6.07) is 0. The number of carboxylic acid groups (broad SMARTS) is 1. The van der Waals surface area contributed by atoms with Crippen LogP contribution in [0.25, 0.3) is 0 Å². The number of carboxylic acids is 1. The number of methoxy groups -OCH3 is 2. The molecule has 0 spiro atoms. The minimum atomic E-state index is -0.953. The molecule has 0 aliphatic heterocycles. The number of rotatable bonds is 45. The number of aliphatic hydroxyl groups is 1.